The van der Waals surface area contributed by atoms with Crippen molar-refractivity contribution in [3.63, 3.8) is 0 Å². The zero-order valence-corrected chi connectivity index (χ0v) is 15.8. The first-order chi connectivity index (χ1) is 13.6. The van der Waals surface area contributed by atoms with Crippen LogP contribution >= 0.6 is 0 Å². The minimum atomic E-state index is -0.177. The van der Waals surface area contributed by atoms with Gasteiger partial charge in [0.2, 0.25) is 0 Å². The number of aromatic nitrogens is 2. The molecule has 2 aromatic heterocycles. The van der Waals surface area contributed by atoms with Gasteiger partial charge in [0.25, 0.3) is 5.91 Å². The normalized spacial score (nSPS) is 10.8. The number of rotatable bonds is 5. The molecule has 0 aliphatic heterocycles. The number of nitrogens with one attached hydrogen (secondary N) is 1. The molecule has 4 rings (SSSR count). The molecule has 0 aliphatic carbocycles. The lowest BCUT2D eigenvalue weighted by molar-refractivity contribution is 0.102. The summed E-state index contributed by atoms with van der Waals surface area (Å²) in [6, 6.07) is 18.9. The molecule has 0 radical (unpaired) electrons. The third-order valence-electron chi connectivity index (χ3n) is 4.42. The van der Waals surface area contributed by atoms with E-state index in [1.165, 1.54) is 5.56 Å². The topological polar surface area (TPSA) is 55.6 Å². The molecule has 0 spiro atoms. The molecule has 0 bridgehead atoms. The number of hydrogen-bond acceptors (Lipinski definition) is 3. The van der Waals surface area contributed by atoms with E-state index in [0.717, 1.165) is 22.6 Å². The van der Waals surface area contributed by atoms with E-state index >= 15 is 0 Å². The Morgan fingerprint density at radius 2 is 1.93 bits per heavy atom. The Morgan fingerprint density at radius 1 is 1.07 bits per heavy atom. The Kier molecular flexibility index (Phi) is 4.81. The summed E-state index contributed by atoms with van der Waals surface area (Å²) >= 11 is 0. The number of anilines is 1. The van der Waals surface area contributed by atoms with Crippen molar-refractivity contribution in [2.24, 2.45) is 0 Å². The maximum absolute atomic E-state index is 12.6. The molecule has 0 saturated heterocycles. The van der Waals surface area contributed by atoms with Gasteiger partial charge in [0, 0.05) is 29.2 Å². The van der Waals surface area contributed by atoms with E-state index in [9.17, 15) is 4.79 Å². The molecule has 5 nitrogen and oxygen atoms in total. The van der Waals surface area contributed by atoms with Gasteiger partial charge in [-0.05, 0) is 55.8 Å². The van der Waals surface area contributed by atoms with Crippen LogP contribution in [-0.4, -0.2) is 21.9 Å². The van der Waals surface area contributed by atoms with Gasteiger partial charge in [-0.15, -0.1) is 0 Å². The van der Waals surface area contributed by atoms with Crippen LogP contribution in [0.1, 0.15) is 22.8 Å². The molecule has 0 unspecified atom stereocenters. The fraction of sp³-hybridized carbons (Fsp3) is 0.130. The minimum absolute atomic E-state index is 0.177. The van der Waals surface area contributed by atoms with Crippen LogP contribution in [0.4, 0.5) is 5.69 Å². The number of pyridine rings is 1. The van der Waals surface area contributed by atoms with Crippen LogP contribution in [0.25, 0.3) is 16.9 Å². The second-order valence-corrected chi connectivity index (χ2v) is 6.59. The zero-order valence-electron chi connectivity index (χ0n) is 15.8. The van der Waals surface area contributed by atoms with E-state index in [0.29, 0.717) is 17.9 Å². The number of ether oxygens (including phenoxy) is 1. The predicted octanol–water partition coefficient (Wildman–Crippen LogP) is 4.96. The monoisotopic (exact) mass is 371 g/mol. The van der Waals surface area contributed by atoms with Gasteiger partial charge in [-0.25, -0.2) is 4.98 Å². The number of amides is 1. The van der Waals surface area contributed by atoms with Crippen LogP contribution in [0.3, 0.4) is 0 Å². The van der Waals surface area contributed by atoms with Crippen molar-refractivity contribution < 1.29 is 9.53 Å². The summed E-state index contributed by atoms with van der Waals surface area (Å²) in [6.45, 7) is 4.53. The maximum Gasteiger partial charge on any atom is 0.255 e. The van der Waals surface area contributed by atoms with Crippen molar-refractivity contribution in [2.45, 2.75) is 13.8 Å². The van der Waals surface area contributed by atoms with Crippen molar-refractivity contribution in [3.05, 3.63) is 84.2 Å². The van der Waals surface area contributed by atoms with Crippen LogP contribution in [0, 0.1) is 6.92 Å². The van der Waals surface area contributed by atoms with Crippen molar-refractivity contribution in [1.82, 2.24) is 9.38 Å². The van der Waals surface area contributed by atoms with Gasteiger partial charge < -0.3 is 14.5 Å². The molecule has 5 heteroatoms. The number of carbonyl (C=O) groups excluding carboxylic acids is 1. The quantitative estimate of drug-likeness (QED) is 0.539. The predicted molar refractivity (Wildman–Crippen MR) is 111 cm³/mol. The molecule has 0 atom stereocenters. The molecule has 2 aromatic carbocycles. The first-order valence-electron chi connectivity index (χ1n) is 9.22. The molecule has 4 aromatic rings. The molecular weight excluding hydrogens is 350 g/mol. The van der Waals surface area contributed by atoms with Gasteiger partial charge in [0.1, 0.15) is 11.4 Å². The van der Waals surface area contributed by atoms with Gasteiger partial charge in [0.15, 0.2) is 0 Å². The average Bonchev–Trinajstić information content (AvgIpc) is 3.12. The molecule has 28 heavy (non-hydrogen) atoms. The highest BCUT2D eigenvalue weighted by Crippen LogP contribution is 2.23. The Hall–Kier alpha value is -3.60. The van der Waals surface area contributed by atoms with Crippen molar-refractivity contribution in [2.75, 3.05) is 11.9 Å². The van der Waals surface area contributed by atoms with Crippen LogP contribution in [0.5, 0.6) is 5.75 Å². The third kappa shape index (κ3) is 3.74. The van der Waals surface area contributed by atoms with E-state index in [-0.39, 0.29) is 5.91 Å². The lowest BCUT2D eigenvalue weighted by Crippen LogP contribution is -2.12. The van der Waals surface area contributed by atoms with Gasteiger partial charge in [0.05, 0.1) is 12.3 Å². The molecule has 0 fully saturated rings. The number of imidazole rings is 1. The number of carbonyl (C=O) groups is 1. The highest BCUT2D eigenvalue weighted by Gasteiger charge is 2.09. The summed E-state index contributed by atoms with van der Waals surface area (Å²) < 4.78 is 7.48. The number of benzene rings is 2. The van der Waals surface area contributed by atoms with Crippen molar-refractivity contribution >= 4 is 17.2 Å². The summed E-state index contributed by atoms with van der Waals surface area (Å²) in [6.07, 6.45) is 4.04. The number of fused-ring (bicyclic) bond motifs is 1. The standard InChI is InChI=1S/C23H21N3O2/c1-3-28-20-9-5-7-18(13-20)23(27)24-19-8-4-6-17(12-19)21-15-26-14-16(2)10-11-22(26)25-21/h4-15H,3H2,1-2H3,(H,24,27). The maximum atomic E-state index is 12.6. The average molecular weight is 371 g/mol. The number of hydrogen-bond donors (Lipinski definition) is 1. The second kappa shape index (κ2) is 7.56. The van der Waals surface area contributed by atoms with E-state index in [2.05, 4.69) is 17.2 Å². The lowest BCUT2D eigenvalue weighted by Gasteiger charge is -2.08. The van der Waals surface area contributed by atoms with Gasteiger partial charge in [-0.3, -0.25) is 4.79 Å². The van der Waals surface area contributed by atoms with Gasteiger partial charge in [-0.1, -0.05) is 24.3 Å². The zero-order chi connectivity index (χ0) is 19.5. The van der Waals surface area contributed by atoms with Gasteiger partial charge >= 0.3 is 0 Å². The molecule has 2 heterocycles. The lowest BCUT2D eigenvalue weighted by atomic mass is 10.1. The van der Waals surface area contributed by atoms with E-state index in [1.54, 1.807) is 12.1 Å². The van der Waals surface area contributed by atoms with E-state index in [1.807, 2.05) is 72.2 Å². The third-order valence-corrected chi connectivity index (χ3v) is 4.42. The fourth-order valence-electron chi connectivity index (χ4n) is 3.10. The fourth-order valence-corrected chi connectivity index (χ4v) is 3.10. The summed E-state index contributed by atoms with van der Waals surface area (Å²) in [5, 5.41) is 2.95. The largest absolute Gasteiger partial charge is 0.494 e. The summed E-state index contributed by atoms with van der Waals surface area (Å²) in [5.41, 5.74) is 5.15. The first kappa shape index (κ1) is 17.8. The van der Waals surface area contributed by atoms with Crippen molar-refractivity contribution in [3.8, 4) is 17.0 Å². The summed E-state index contributed by atoms with van der Waals surface area (Å²) in [4.78, 5) is 17.3. The molecule has 140 valence electrons. The number of nitrogens with zero attached hydrogens (tertiary/aromatic N) is 2. The van der Waals surface area contributed by atoms with Gasteiger partial charge in [-0.2, -0.15) is 0 Å². The highest BCUT2D eigenvalue weighted by molar-refractivity contribution is 6.04. The number of aryl methyl sites for hydroxylation is 1. The van der Waals surface area contributed by atoms with E-state index in [4.69, 9.17) is 4.74 Å². The Labute approximate surface area is 163 Å². The summed E-state index contributed by atoms with van der Waals surface area (Å²) in [5.74, 6) is 0.508. The Bertz CT molecular complexity index is 1150. The molecule has 1 N–H and O–H groups in total. The van der Waals surface area contributed by atoms with Crippen LogP contribution < -0.4 is 10.1 Å². The molecule has 0 aliphatic rings. The minimum Gasteiger partial charge on any atom is -0.494 e. The Morgan fingerprint density at radius 3 is 2.79 bits per heavy atom. The Balaban J connectivity index is 1.58. The molecular formula is C23H21N3O2. The van der Waals surface area contributed by atoms with Crippen LogP contribution in [-0.2, 0) is 0 Å². The first-order valence-corrected chi connectivity index (χ1v) is 9.22. The molecule has 1 amide bonds. The smallest absolute Gasteiger partial charge is 0.255 e. The SMILES string of the molecule is CCOc1cccc(C(=O)Nc2cccc(-c3cn4cc(C)ccc4n3)c2)c1. The highest BCUT2D eigenvalue weighted by atomic mass is 16.5. The van der Waals surface area contributed by atoms with Crippen molar-refractivity contribution in [1.29, 1.82) is 0 Å². The van der Waals surface area contributed by atoms with E-state index < -0.39 is 0 Å². The van der Waals surface area contributed by atoms with Crippen LogP contribution in [0.15, 0.2) is 73.1 Å². The summed E-state index contributed by atoms with van der Waals surface area (Å²) in [7, 11) is 0. The molecule has 0 saturated carbocycles. The second-order valence-electron chi connectivity index (χ2n) is 6.59. The van der Waals surface area contributed by atoms with Crippen LogP contribution in [0.2, 0.25) is 0 Å².